The number of nitrogens with one attached hydrogen (secondary N) is 1. The van der Waals surface area contributed by atoms with Gasteiger partial charge in [-0.3, -0.25) is 4.98 Å². The van der Waals surface area contributed by atoms with Crippen molar-refractivity contribution in [2.75, 3.05) is 20.2 Å². The van der Waals surface area contributed by atoms with Crippen LogP contribution in [0.3, 0.4) is 0 Å². The van der Waals surface area contributed by atoms with Gasteiger partial charge in [-0.1, -0.05) is 11.6 Å². The van der Waals surface area contributed by atoms with Gasteiger partial charge >= 0.3 is 0 Å². The molecule has 0 spiro atoms. The van der Waals surface area contributed by atoms with E-state index in [1.165, 1.54) is 12.1 Å². The van der Waals surface area contributed by atoms with E-state index >= 15 is 0 Å². The smallest absolute Gasteiger partial charge is 0.256 e. The lowest BCUT2D eigenvalue weighted by Gasteiger charge is -2.11. The van der Waals surface area contributed by atoms with E-state index in [1.807, 2.05) is 13.1 Å². The number of likely N-dealkylation sites (N-methyl/N-ethyl adjacent to an activating group) is 1. The maximum atomic E-state index is 14.3. The molecule has 8 heteroatoms. The van der Waals surface area contributed by atoms with E-state index < -0.39 is 0 Å². The summed E-state index contributed by atoms with van der Waals surface area (Å²) >= 11 is 6.05. The van der Waals surface area contributed by atoms with E-state index in [1.54, 1.807) is 31.3 Å². The number of pyridine rings is 1. The van der Waals surface area contributed by atoms with Gasteiger partial charge < -0.3 is 15.9 Å². The highest BCUT2D eigenvalue weighted by Crippen LogP contribution is 2.39. The predicted octanol–water partition coefficient (Wildman–Crippen LogP) is 4.44. The summed E-state index contributed by atoms with van der Waals surface area (Å²) in [5, 5.41) is 7.21. The Morgan fingerprint density at radius 3 is 2.87 bits per heavy atom. The van der Waals surface area contributed by atoms with E-state index in [0.717, 1.165) is 18.5 Å². The van der Waals surface area contributed by atoms with Crippen LogP contribution in [0, 0.1) is 5.82 Å². The number of benzene rings is 1. The van der Waals surface area contributed by atoms with Crippen LogP contribution in [0.1, 0.15) is 36.9 Å². The second-order valence-corrected chi connectivity index (χ2v) is 7.48. The predicted molar refractivity (Wildman–Crippen MR) is 120 cm³/mol. The van der Waals surface area contributed by atoms with Gasteiger partial charge in [0.25, 0.3) is 5.90 Å². The van der Waals surface area contributed by atoms with Crippen LogP contribution in [0.4, 0.5) is 10.1 Å². The standard InChI is InChI=1S/C22H25ClFN5O/c1-14(18-12-16(23)5-6-19(18)24)11-21(22(29-25)30-10-9-26-2)28-17-7-8-27-20(13-17)15-3-4-15/h5-8,11-13,15,26H,3-4,9-10,25H2,1-2H3/b14-11+,28-21?,29-22?. The van der Waals surface area contributed by atoms with E-state index in [0.29, 0.717) is 46.6 Å². The third-order valence-corrected chi connectivity index (χ3v) is 4.88. The van der Waals surface area contributed by atoms with Crippen molar-refractivity contribution in [1.29, 1.82) is 0 Å². The third-order valence-electron chi connectivity index (χ3n) is 4.64. The average molecular weight is 430 g/mol. The Morgan fingerprint density at radius 1 is 1.37 bits per heavy atom. The van der Waals surface area contributed by atoms with Crippen molar-refractivity contribution < 1.29 is 9.13 Å². The fourth-order valence-corrected chi connectivity index (χ4v) is 3.07. The minimum Gasteiger partial charge on any atom is -0.474 e. The molecule has 0 unspecified atom stereocenters. The van der Waals surface area contributed by atoms with E-state index in [2.05, 4.69) is 20.4 Å². The van der Waals surface area contributed by atoms with Gasteiger partial charge in [0, 0.05) is 34.9 Å². The van der Waals surface area contributed by atoms with E-state index in [9.17, 15) is 4.39 Å². The van der Waals surface area contributed by atoms with Crippen LogP contribution in [0.15, 0.2) is 52.7 Å². The van der Waals surface area contributed by atoms with Gasteiger partial charge in [0.2, 0.25) is 0 Å². The molecule has 1 saturated carbocycles. The summed E-state index contributed by atoms with van der Waals surface area (Å²) in [5.41, 5.74) is 3.09. The van der Waals surface area contributed by atoms with Gasteiger partial charge in [-0.05, 0) is 68.8 Å². The fourth-order valence-electron chi connectivity index (χ4n) is 2.90. The fraction of sp³-hybridized carbons (Fsp3) is 0.318. The first-order chi connectivity index (χ1) is 14.5. The SMILES string of the molecule is CNCCOC(=NN)C(/C=C(\C)c1cc(Cl)ccc1F)=Nc1ccnc(C2CC2)c1. The zero-order valence-corrected chi connectivity index (χ0v) is 17.8. The average Bonchev–Trinajstić information content (AvgIpc) is 3.58. The van der Waals surface area contributed by atoms with Gasteiger partial charge in [-0.25, -0.2) is 9.38 Å². The Balaban J connectivity index is 2.00. The third kappa shape index (κ3) is 5.87. The summed E-state index contributed by atoms with van der Waals surface area (Å²) in [5.74, 6) is 5.87. The summed E-state index contributed by atoms with van der Waals surface area (Å²) in [6.45, 7) is 2.74. The van der Waals surface area contributed by atoms with Crippen molar-refractivity contribution in [3.8, 4) is 0 Å². The molecule has 1 heterocycles. The molecule has 0 amide bonds. The number of halogens is 2. The van der Waals surface area contributed by atoms with Crippen LogP contribution < -0.4 is 11.2 Å². The van der Waals surface area contributed by atoms with E-state index in [-0.39, 0.29) is 11.7 Å². The van der Waals surface area contributed by atoms with Crippen molar-refractivity contribution in [3.05, 3.63) is 64.7 Å². The molecule has 3 rings (SSSR count). The van der Waals surface area contributed by atoms with Crippen molar-refractivity contribution in [1.82, 2.24) is 10.3 Å². The monoisotopic (exact) mass is 429 g/mol. The number of aliphatic imine (C=N–C) groups is 1. The lowest BCUT2D eigenvalue weighted by atomic mass is 10.0. The minimum atomic E-state index is -0.380. The molecule has 0 aliphatic heterocycles. The van der Waals surface area contributed by atoms with Gasteiger partial charge in [-0.2, -0.15) is 0 Å². The molecule has 1 aromatic heterocycles. The second kappa shape index (κ2) is 10.3. The molecule has 3 N–H and O–H groups in total. The maximum absolute atomic E-state index is 14.3. The largest absolute Gasteiger partial charge is 0.474 e. The zero-order chi connectivity index (χ0) is 21.5. The quantitative estimate of drug-likeness (QED) is 0.213. The normalized spacial score (nSPS) is 15.4. The highest BCUT2D eigenvalue weighted by molar-refractivity contribution is 6.45. The summed E-state index contributed by atoms with van der Waals surface area (Å²) in [7, 11) is 1.82. The number of ether oxygens (including phenoxy) is 1. The Labute approximate surface area is 180 Å². The molecule has 0 saturated heterocycles. The maximum Gasteiger partial charge on any atom is 0.256 e. The first kappa shape index (κ1) is 21.9. The molecular formula is C22H25ClFN5O. The number of hydrazone groups is 1. The first-order valence-corrected chi connectivity index (χ1v) is 10.1. The Hall–Kier alpha value is -2.77. The van der Waals surface area contributed by atoms with Crippen molar-refractivity contribution in [2.24, 2.45) is 15.9 Å². The van der Waals surface area contributed by atoms with Crippen LogP contribution in [0.25, 0.3) is 5.57 Å². The van der Waals surface area contributed by atoms with Gasteiger partial charge in [0.1, 0.15) is 18.1 Å². The van der Waals surface area contributed by atoms with Crippen molar-refractivity contribution >= 4 is 34.5 Å². The molecule has 0 radical (unpaired) electrons. The Kier molecular flexibility index (Phi) is 7.54. The lowest BCUT2D eigenvalue weighted by molar-refractivity contribution is 0.310. The molecule has 30 heavy (non-hydrogen) atoms. The highest BCUT2D eigenvalue weighted by Gasteiger charge is 2.25. The Morgan fingerprint density at radius 2 is 2.17 bits per heavy atom. The van der Waals surface area contributed by atoms with Crippen LogP contribution in [-0.4, -0.2) is 36.8 Å². The van der Waals surface area contributed by atoms with Crippen molar-refractivity contribution in [2.45, 2.75) is 25.7 Å². The molecule has 0 atom stereocenters. The second-order valence-electron chi connectivity index (χ2n) is 7.05. The van der Waals surface area contributed by atoms with Crippen LogP contribution in [0.2, 0.25) is 5.02 Å². The summed E-state index contributed by atoms with van der Waals surface area (Å²) in [6, 6.07) is 8.16. The van der Waals surface area contributed by atoms with E-state index in [4.69, 9.17) is 22.2 Å². The number of nitrogens with two attached hydrogens (primary N) is 1. The molecule has 1 fully saturated rings. The molecule has 158 valence electrons. The zero-order valence-electron chi connectivity index (χ0n) is 17.0. The molecular weight excluding hydrogens is 405 g/mol. The minimum absolute atomic E-state index is 0.164. The summed E-state index contributed by atoms with van der Waals surface area (Å²) < 4.78 is 20.0. The van der Waals surface area contributed by atoms with Gasteiger partial charge in [-0.15, -0.1) is 5.10 Å². The van der Waals surface area contributed by atoms with Crippen LogP contribution in [-0.2, 0) is 4.74 Å². The lowest BCUT2D eigenvalue weighted by Crippen LogP contribution is -2.23. The molecule has 1 aromatic carbocycles. The Bertz CT molecular complexity index is 985. The topological polar surface area (TPSA) is 84.9 Å². The molecule has 6 nitrogen and oxygen atoms in total. The van der Waals surface area contributed by atoms with Crippen LogP contribution in [0.5, 0.6) is 0 Å². The number of aromatic nitrogens is 1. The summed E-state index contributed by atoms with van der Waals surface area (Å²) in [6.07, 6.45) is 5.71. The number of hydrogen-bond acceptors (Lipinski definition) is 6. The molecule has 0 bridgehead atoms. The highest BCUT2D eigenvalue weighted by atomic mass is 35.5. The first-order valence-electron chi connectivity index (χ1n) is 9.76. The number of rotatable bonds is 8. The van der Waals surface area contributed by atoms with Gasteiger partial charge in [0.15, 0.2) is 0 Å². The van der Waals surface area contributed by atoms with Crippen LogP contribution >= 0.6 is 11.6 Å². The number of allylic oxidation sites excluding steroid dienone is 1. The van der Waals surface area contributed by atoms with Gasteiger partial charge in [0.05, 0.1) is 5.69 Å². The molecule has 2 aromatic rings. The molecule has 1 aliphatic rings. The molecule has 1 aliphatic carbocycles. The summed E-state index contributed by atoms with van der Waals surface area (Å²) in [4.78, 5) is 9.11. The van der Waals surface area contributed by atoms with Crippen molar-refractivity contribution in [3.63, 3.8) is 0 Å². The number of nitrogens with zero attached hydrogens (tertiary/aromatic N) is 3. The number of hydrogen-bond donors (Lipinski definition) is 2.